The molecule has 1 unspecified atom stereocenters. The van der Waals surface area contributed by atoms with E-state index in [0.29, 0.717) is 11.6 Å². The number of rotatable bonds is 3. The van der Waals surface area contributed by atoms with Gasteiger partial charge in [0.05, 0.1) is 6.10 Å². The van der Waals surface area contributed by atoms with Crippen molar-refractivity contribution in [1.29, 1.82) is 0 Å². The van der Waals surface area contributed by atoms with E-state index >= 15 is 0 Å². The van der Waals surface area contributed by atoms with E-state index in [-0.39, 0.29) is 5.41 Å². The summed E-state index contributed by atoms with van der Waals surface area (Å²) in [5, 5.41) is 10.8. The summed E-state index contributed by atoms with van der Waals surface area (Å²) in [5.41, 5.74) is 6.03. The molecule has 0 aliphatic carbocycles. The molecule has 1 aromatic carbocycles. The van der Waals surface area contributed by atoms with Gasteiger partial charge in [0.15, 0.2) is 0 Å². The number of aliphatic hydroxyl groups is 1. The summed E-state index contributed by atoms with van der Waals surface area (Å²) in [4.78, 5) is 0. The van der Waals surface area contributed by atoms with E-state index in [1.165, 1.54) is 0 Å². The molecule has 0 saturated carbocycles. The Hall–Kier alpha value is -0.0900. The first-order valence-electron chi connectivity index (χ1n) is 4.71. The molecule has 0 heterocycles. The van der Waals surface area contributed by atoms with Crippen molar-refractivity contribution >= 4 is 27.5 Å². The second-order valence-corrected chi connectivity index (χ2v) is 5.55. The van der Waals surface area contributed by atoms with Crippen molar-refractivity contribution in [2.24, 2.45) is 11.1 Å². The first kappa shape index (κ1) is 13.0. The van der Waals surface area contributed by atoms with Gasteiger partial charge in [0, 0.05) is 21.5 Å². The lowest BCUT2D eigenvalue weighted by atomic mass is 9.83. The summed E-state index contributed by atoms with van der Waals surface area (Å²) in [7, 11) is 0. The molecule has 15 heavy (non-hydrogen) atoms. The van der Waals surface area contributed by atoms with Crippen LogP contribution in [0.5, 0.6) is 0 Å². The van der Waals surface area contributed by atoms with Crippen molar-refractivity contribution in [2.45, 2.75) is 20.0 Å². The zero-order valence-electron chi connectivity index (χ0n) is 8.80. The molecule has 0 bridgehead atoms. The fraction of sp³-hybridized carbons (Fsp3) is 0.455. The van der Waals surface area contributed by atoms with Gasteiger partial charge >= 0.3 is 0 Å². The number of aliphatic hydroxyl groups excluding tert-OH is 1. The van der Waals surface area contributed by atoms with Crippen LogP contribution in [0.3, 0.4) is 0 Å². The molecule has 0 saturated heterocycles. The van der Waals surface area contributed by atoms with Crippen LogP contribution >= 0.6 is 27.5 Å². The van der Waals surface area contributed by atoms with Gasteiger partial charge in [-0.3, -0.25) is 0 Å². The number of halogens is 2. The molecule has 1 rings (SSSR count). The third kappa shape index (κ3) is 2.94. The lowest BCUT2D eigenvalue weighted by Crippen LogP contribution is -2.30. The molecule has 4 heteroatoms. The van der Waals surface area contributed by atoms with Crippen molar-refractivity contribution in [3.8, 4) is 0 Å². The molecule has 1 aromatic rings. The summed E-state index contributed by atoms with van der Waals surface area (Å²) in [6, 6.07) is 5.36. The lowest BCUT2D eigenvalue weighted by molar-refractivity contribution is 0.0549. The molecule has 3 N–H and O–H groups in total. The summed E-state index contributed by atoms with van der Waals surface area (Å²) < 4.78 is 0.848. The maximum atomic E-state index is 10.2. The second kappa shape index (κ2) is 4.83. The van der Waals surface area contributed by atoms with Crippen LogP contribution in [0.4, 0.5) is 0 Å². The van der Waals surface area contributed by atoms with Gasteiger partial charge in [-0.2, -0.15) is 0 Å². The summed E-state index contributed by atoms with van der Waals surface area (Å²) in [6.07, 6.45) is -0.629. The normalized spacial score (nSPS) is 14.0. The fourth-order valence-electron chi connectivity index (χ4n) is 1.26. The topological polar surface area (TPSA) is 46.2 Å². The average molecular weight is 293 g/mol. The molecular weight excluding hydrogens is 277 g/mol. The molecule has 0 aliphatic heterocycles. The van der Waals surface area contributed by atoms with Gasteiger partial charge in [0.1, 0.15) is 0 Å². The molecule has 0 aromatic heterocycles. The molecule has 0 radical (unpaired) electrons. The van der Waals surface area contributed by atoms with E-state index in [9.17, 15) is 5.11 Å². The Balaban J connectivity index is 3.10. The predicted molar refractivity (Wildman–Crippen MR) is 66.9 cm³/mol. The van der Waals surface area contributed by atoms with Gasteiger partial charge in [-0.1, -0.05) is 41.4 Å². The zero-order chi connectivity index (χ0) is 11.6. The maximum Gasteiger partial charge on any atom is 0.0864 e. The van der Waals surface area contributed by atoms with E-state index < -0.39 is 6.10 Å². The lowest BCUT2D eigenvalue weighted by Gasteiger charge is -2.30. The third-order valence-electron chi connectivity index (χ3n) is 2.52. The van der Waals surface area contributed by atoms with Gasteiger partial charge in [0.25, 0.3) is 0 Å². The van der Waals surface area contributed by atoms with Crippen LogP contribution in [0.2, 0.25) is 5.02 Å². The van der Waals surface area contributed by atoms with Crippen LogP contribution in [0, 0.1) is 5.41 Å². The van der Waals surface area contributed by atoms with Crippen LogP contribution in [-0.2, 0) is 0 Å². The Kier molecular flexibility index (Phi) is 4.18. The summed E-state index contributed by atoms with van der Waals surface area (Å²) in [5.74, 6) is 0. The van der Waals surface area contributed by atoms with Gasteiger partial charge in [-0.25, -0.2) is 0 Å². The van der Waals surface area contributed by atoms with Gasteiger partial charge in [0.2, 0.25) is 0 Å². The molecular formula is C11H15BrClNO. The highest BCUT2D eigenvalue weighted by Crippen LogP contribution is 2.37. The quantitative estimate of drug-likeness (QED) is 0.899. The number of hydrogen-bond donors (Lipinski definition) is 2. The predicted octanol–water partition coefficient (Wildman–Crippen LogP) is 3.12. The molecule has 1 atom stereocenters. The highest BCUT2D eigenvalue weighted by Gasteiger charge is 2.29. The minimum atomic E-state index is -0.629. The molecule has 0 amide bonds. The van der Waals surface area contributed by atoms with Crippen LogP contribution in [-0.4, -0.2) is 11.7 Å². The van der Waals surface area contributed by atoms with Crippen molar-refractivity contribution in [1.82, 2.24) is 0 Å². The minimum Gasteiger partial charge on any atom is -0.388 e. The first-order chi connectivity index (χ1) is 6.88. The smallest absolute Gasteiger partial charge is 0.0864 e. The molecule has 2 nitrogen and oxygen atoms in total. The Morgan fingerprint density at radius 3 is 2.67 bits per heavy atom. The largest absolute Gasteiger partial charge is 0.388 e. The van der Waals surface area contributed by atoms with Crippen molar-refractivity contribution in [2.75, 3.05) is 6.54 Å². The number of benzene rings is 1. The molecule has 0 fully saturated rings. The maximum absolute atomic E-state index is 10.2. The Morgan fingerprint density at radius 1 is 1.53 bits per heavy atom. The molecule has 84 valence electrons. The van der Waals surface area contributed by atoms with E-state index in [1.54, 1.807) is 12.1 Å². The summed E-state index contributed by atoms with van der Waals surface area (Å²) >= 11 is 9.28. The van der Waals surface area contributed by atoms with E-state index in [4.69, 9.17) is 17.3 Å². The highest BCUT2D eigenvalue weighted by atomic mass is 79.9. The monoisotopic (exact) mass is 291 g/mol. The number of nitrogens with two attached hydrogens (primary N) is 1. The van der Waals surface area contributed by atoms with Gasteiger partial charge < -0.3 is 10.8 Å². The Labute approximate surface area is 104 Å². The van der Waals surface area contributed by atoms with Crippen molar-refractivity contribution in [3.63, 3.8) is 0 Å². The fourth-order valence-corrected chi connectivity index (χ4v) is 1.90. The van der Waals surface area contributed by atoms with E-state index in [0.717, 1.165) is 10.0 Å². The van der Waals surface area contributed by atoms with Crippen LogP contribution in [0.25, 0.3) is 0 Å². The standard InChI is InChI=1S/C11H15BrClNO/c1-11(2,6-14)10(15)8-5-7(13)3-4-9(8)12/h3-5,10,15H,6,14H2,1-2H3. The van der Waals surface area contributed by atoms with Crippen LogP contribution in [0.1, 0.15) is 25.5 Å². The van der Waals surface area contributed by atoms with E-state index in [2.05, 4.69) is 15.9 Å². The summed E-state index contributed by atoms with van der Waals surface area (Å²) in [6.45, 7) is 4.25. The van der Waals surface area contributed by atoms with Crippen LogP contribution in [0.15, 0.2) is 22.7 Å². The minimum absolute atomic E-state index is 0.368. The average Bonchev–Trinajstić information content (AvgIpc) is 2.20. The first-order valence-corrected chi connectivity index (χ1v) is 5.88. The second-order valence-electron chi connectivity index (χ2n) is 4.26. The zero-order valence-corrected chi connectivity index (χ0v) is 11.1. The van der Waals surface area contributed by atoms with Gasteiger partial charge in [-0.15, -0.1) is 0 Å². The third-order valence-corrected chi connectivity index (χ3v) is 3.48. The Morgan fingerprint density at radius 2 is 2.13 bits per heavy atom. The number of hydrogen-bond acceptors (Lipinski definition) is 2. The van der Waals surface area contributed by atoms with Crippen LogP contribution < -0.4 is 5.73 Å². The van der Waals surface area contributed by atoms with Crippen molar-refractivity contribution < 1.29 is 5.11 Å². The molecule has 0 aliphatic rings. The molecule has 0 spiro atoms. The van der Waals surface area contributed by atoms with E-state index in [1.807, 2.05) is 19.9 Å². The van der Waals surface area contributed by atoms with Crippen molar-refractivity contribution in [3.05, 3.63) is 33.3 Å². The SMILES string of the molecule is CC(C)(CN)C(O)c1cc(Cl)ccc1Br. The Bertz CT molecular complexity index is 354. The highest BCUT2D eigenvalue weighted by molar-refractivity contribution is 9.10. The van der Waals surface area contributed by atoms with Gasteiger partial charge in [-0.05, 0) is 23.8 Å².